The van der Waals surface area contributed by atoms with Gasteiger partial charge in [-0.3, -0.25) is 14.3 Å². The van der Waals surface area contributed by atoms with E-state index in [-0.39, 0.29) is 18.2 Å². The first-order valence-electron chi connectivity index (χ1n) is 8.30. The number of hydrogen-bond acceptors (Lipinski definition) is 3. The Morgan fingerprint density at radius 2 is 1.96 bits per heavy atom. The molecule has 1 saturated heterocycles. The number of aliphatic carboxylic acids is 1. The number of rotatable bonds is 5. The van der Waals surface area contributed by atoms with Gasteiger partial charge in [-0.05, 0) is 30.4 Å². The second kappa shape index (κ2) is 7.70. The van der Waals surface area contributed by atoms with Gasteiger partial charge in [-0.1, -0.05) is 29.8 Å². The van der Waals surface area contributed by atoms with E-state index in [2.05, 4.69) is 5.10 Å². The minimum atomic E-state index is -0.773. The van der Waals surface area contributed by atoms with Crippen LogP contribution >= 0.6 is 11.6 Å². The molecule has 0 saturated carbocycles. The predicted octanol–water partition coefficient (Wildman–Crippen LogP) is 2.91. The normalized spacial score (nSPS) is 15.3. The molecule has 7 heteroatoms. The largest absolute Gasteiger partial charge is 0.481 e. The zero-order chi connectivity index (χ0) is 17.8. The Bertz CT molecular complexity index is 766. The van der Waals surface area contributed by atoms with E-state index in [0.717, 1.165) is 18.4 Å². The summed E-state index contributed by atoms with van der Waals surface area (Å²) >= 11 is 6.16. The highest BCUT2D eigenvalue weighted by Gasteiger charge is 2.25. The van der Waals surface area contributed by atoms with Crippen LogP contribution in [0.25, 0.3) is 0 Å². The number of carbonyl (C=O) groups is 2. The summed E-state index contributed by atoms with van der Waals surface area (Å²) in [5.41, 5.74) is 1.49. The second-order valence-electron chi connectivity index (χ2n) is 6.35. The number of carboxylic acid groups (broad SMARTS) is 1. The number of carboxylic acids is 1. The summed E-state index contributed by atoms with van der Waals surface area (Å²) < 4.78 is 1.70. The summed E-state index contributed by atoms with van der Waals surface area (Å²) in [5.74, 6) is -0.672. The molecule has 1 aliphatic heterocycles. The number of carbonyl (C=O) groups excluding carboxylic acids is 1. The van der Waals surface area contributed by atoms with Crippen molar-refractivity contribution in [1.82, 2.24) is 14.7 Å². The van der Waals surface area contributed by atoms with Crippen molar-refractivity contribution in [3.05, 3.63) is 52.8 Å². The summed E-state index contributed by atoms with van der Waals surface area (Å²) in [6, 6.07) is 7.54. The van der Waals surface area contributed by atoms with E-state index in [9.17, 15) is 9.59 Å². The van der Waals surface area contributed by atoms with Crippen LogP contribution in [0.3, 0.4) is 0 Å². The third kappa shape index (κ3) is 4.39. The average molecular weight is 362 g/mol. The maximum atomic E-state index is 12.6. The van der Waals surface area contributed by atoms with E-state index < -0.39 is 5.97 Å². The Morgan fingerprint density at radius 1 is 1.24 bits per heavy atom. The maximum Gasteiger partial charge on any atom is 0.303 e. The first-order valence-corrected chi connectivity index (χ1v) is 8.67. The molecule has 1 aromatic heterocycles. The zero-order valence-electron chi connectivity index (χ0n) is 13.8. The Balaban J connectivity index is 1.60. The molecule has 0 unspecified atom stereocenters. The SMILES string of the molecule is O=C(O)CC1CCN(C(=O)c2cnn(Cc3ccccc3Cl)c2)CC1. The number of halogens is 1. The zero-order valence-corrected chi connectivity index (χ0v) is 14.5. The van der Waals surface area contributed by atoms with Crippen LogP contribution in [-0.4, -0.2) is 44.8 Å². The lowest BCUT2D eigenvalue weighted by Crippen LogP contribution is -2.38. The van der Waals surface area contributed by atoms with E-state index in [1.807, 2.05) is 24.3 Å². The molecular weight excluding hydrogens is 342 g/mol. The Kier molecular flexibility index (Phi) is 5.38. The van der Waals surface area contributed by atoms with Crippen LogP contribution in [0, 0.1) is 5.92 Å². The Labute approximate surface area is 151 Å². The van der Waals surface area contributed by atoms with Crippen LogP contribution in [0.2, 0.25) is 5.02 Å². The van der Waals surface area contributed by atoms with Crippen molar-refractivity contribution in [2.75, 3.05) is 13.1 Å². The van der Waals surface area contributed by atoms with Crippen molar-refractivity contribution >= 4 is 23.5 Å². The lowest BCUT2D eigenvalue weighted by molar-refractivity contribution is -0.138. The number of nitrogens with zero attached hydrogens (tertiary/aromatic N) is 3. The van der Waals surface area contributed by atoms with Gasteiger partial charge in [0.2, 0.25) is 0 Å². The molecular formula is C18H20ClN3O3. The molecule has 1 N–H and O–H groups in total. The summed E-state index contributed by atoms with van der Waals surface area (Å²) in [7, 11) is 0. The molecule has 1 fully saturated rings. The fourth-order valence-electron chi connectivity index (χ4n) is 3.13. The molecule has 1 aromatic carbocycles. The van der Waals surface area contributed by atoms with E-state index in [4.69, 9.17) is 16.7 Å². The number of aromatic nitrogens is 2. The molecule has 132 valence electrons. The van der Waals surface area contributed by atoms with E-state index >= 15 is 0 Å². The minimum absolute atomic E-state index is 0.0563. The van der Waals surface area contributed by atoms with E-state index in [0.29, 0.717) is 30.2 Å². The van der Waals surface area contributed by atoms with Gasteiger partial charge in [0.05, 0.1) is 18.3 Å². The van der Waals surface area contributed by atoms with Crippen LogP contribution in [-0.2, 0) is 11.3 Å². The summed E-state index contributed by atoms with van der Waals surface area (Å²) in [4.78, 5) is 25.1. The topological polar surface area (TPSA) is 75.4 Å². The van der Waals surface area contributed by atoms with Gasteiger partial charge >= 0.3 is 5.97 Å². The molecule has 0 spiro atoms. The van der Waals surface area contributed by atoms with Crippen molar-refractivity contribution in [2.24, 2.45) is 5.92 Å². The molecule has 2 aromatic rings. The van der Waals surface area contributed by atoms with Gasteiger partial charge in [0.1, 0.15) is 0 Å². The quantitative estimate of drug-likeness (QED) is 0.888. The number of benzene rings is 1. The molecule has 25 heavy (non-hydrogen) atoms. The lowest BCUT2D eigenvalue weighted by Gasteiger charge is -2.31. The molecule has 2 heterocycles. The van der Waals surface area contributed by atoms with Crippen LogP contribution in [0.1, 0.15) is 35.2 Å². The molecule has 0 bridgehead atoms. The molecule has 6 nitrogen and oxygen atoms in total. The monoisotopic (exact) mass is 361 g/mol. The summed E-state index contributed by atoms with van der Waals surface area (Å²) in [6.45, 7) is 1.69. The highest BCUT2D eigenvalue weighted by Crippen LogP contribution is 2.22. The third-order valence-corrected chi connectivity index (χ3v) is 4.90. The highest BCUT2D eigenvalue weighted by molar-refractivity contribution is 6.31. The van der Waals surface area contributed by atoms with E-state index in [1.54, 1.807) is 22.0 Å². The van der Waals surface area contributed by atoms with Crippen LogP contribution in [0.4, 0.5) is 0 Å². The van der Waals surface area contributed by atoms with Crippen molar-refractivity contribution in [3.8, 4) is 0 Å². The summed E-state index contributed by atoms with van der Waals surface area (Å²) in [6.07, 6.45) is 4.94. The van der Waals surface area contributed by atoms with Crippen molar-refractivity contribution in [2.45, 2.75) is 25.8 Å². The van der Waals surface area contributed by atoms with Crippen molar-refractivity contribution in [1.29, 1.82) is 0 Å². The molecule has 1 aliphatic rings. The number of piperidine rings is 1. The lowest BCUT2D eigenvalue weighted by atomic mass is 9.93. The van der Waals surface area contributed by atoms with Crippen molar-refractivity contribution in [3.63, 3.8) is 0 Å². The number of likely N-dealkylation sites (tertiary alicyclic amines) is 1. The van der Waals surface area contributed by atoms with Gasteiger partial charge in [-0.15, -0.1) is 0 Å². The fourth-order valence-corrected chi connectivity index (χ4v) is 3.33. The van der Waals surface area contributed by atoms with Gasteiger partial charge < -0.3 is 10.0 Å². The molecule has 3 rings (SSSR count). The minimum Gasteiger partial charge on any atom is -0.481 e. The molecule has 0 radical (unpaired) electrons. The van der Waals surface area contributed by atoms with Crippen molar-refractivity contribution < 1.29 is 14.7 Å². The van der Waals surface area contributed by atoms with Gasteiger partial charge in [-0.25, -0.2) is 0 Å². The van der Waals surface area contributed by atoms with Gasteiger partial charge in [0.25, 0.3) is 5.91 Å². The Hall–Kier alpha value is -2.34. The molecule has 0 aliphatic carbocycles. The Morgan fingerprint density at radius 3 is 2.64 bits per heavy atom. The number of amides is 1. The van der Waals surface area contributed by atoms with Crippen LogP contribution in [0.5, 0.6) is 0 Å². The predicted molar refractivity (Wildman–Crippen MR) is 93.7 cm³/mol. The van der Waals surface area contributed by atoms with Gasteiger partial charge in [0, 0.05) is 30.7 Å². The van der Waals surface area contributed by atoms with Gasteiger partial charge in [-0.2, -0.15) is 5.10 Å². The second-order valence-corrected chi connectivity index (χ2v) is 6.76. The maximum absolute atomic E-state index is 12.6. The fraction of sp³-hybridized carbons (Fsp3) is 0.389. The number of hydrogen-bond donors (Lipinski definition) is 1. The van der Waals surface area contributed by atoms with E-state index in [1.165, 1.54) is 0 Å². The summed E-state index contributed by atoms with van der Waals surface area (Å²) in [5, 5.41) is 13.8. The average Bonchev–Trinajstić information content (AvgIpc) is 3.05. The van der Waals surface area contributed by atoms with Crippen LogP contribution < -0.4 is 0 Å². The standard InChI is InChI=1S/C18H20ClN3O3/c19-16-4-2-1-3-14(16)11-22-12-15(10-20-22)18(25)21-7-5-13(6-8-21)9-17(23)24/h1-4,10,12-13H,5-9,11H2,(H,23,24). The highest BCUT2D eigenvalue weighted by atomic mass is 35.5. The third-order valence-electron chi connectivity index (χ3n) is 4.54. The molecule has 0 atom stereocenters. The van der Waals surface area contributed by atoms with Gasteiger partial charge in [0.15, 0.2) is 0 Å². The first kappa shape index (κ1) is 17.5. The van der Waals surface area contributed by atoms with Crippen LogP contribution in [0.15, 0.2) is 36.7 Å². The first-order chi connectivity index (χ1) is 12.0. The molecule has 1 amide bonds. The smallest absolute Gasteiger partial charge is 0.303 e.